The molecule has 1 unspecified atom stereocenters. The lowest BCUT2D eigenvalue weighted by Crippen LogP contribution is -2.17. The quantitative estimate of drug-likeness (QED) is 0.766. The van der Waals surface area contributed by atoms with Crippen LogP contribution in [0.4, 0.5) is 0 Å². The van der Waals surface area contributed by atoms with Gasteiger partial charge in [-0.2, -0.15) is 5.10 Å². The molecule has 0 aliphatic carbocycles. The highest BCUT2D eigenvalue weighted by Gasteiger charge is 2.16. The van der Waals surface area contributed by atoms with Crippen molar-refractivity contribution in [3.8, 4) is 0 Å². The lowest BCUT2D eigenvalue weighted by Gasteiger charge is -2.10. The van der Waals surface area contributed by atoms with Gasteiger partial charge in [-0.1, -0.05) is 23.7 Å². The first-order valence-corrected chi connectivity index (χ1v) is 5.35. The van der Waals surface area contributed by atoms with Crippen molar-refractivity contribution >= 4 is 17.4 Å². The summed E-state index contributed by atoms with van der Waals surface area (Å²) in [6.07, 6.45) is 3.43. The van der Waals surface area contributed by atoms with Gasteiger partial charge in [0, 0.05) is 23.0 Å². The fourth-order valence-electron chi connectivity index (χ4n) is 1.51. The summed E-state index contributed by atoms with van der Waals surface area (Å²) in [5.41, 5.74) is 0.607. The van der Waals surface area contributed by atoms with Crippen molar-refractivity contribution in [2.75, 3.05) is 0 Å². The van der Waals surface area contributed by atoms with Gasteiger partial charge < -0.3 is 0 Å². The number of nitrogens with zero attached hydrogens (tertiary/aromatic N) is 2. The molecule has 4 heteroatoms. The minimum Gasteiger partial charge on any atom is -0.292 e. The molecule has 0 amide bonds. The van der Waals surface area contributed by atoms with Gasteiger partial charge in [-0.3, -0.25) is 9.48 Å². The van der Waals surface area contributed by atoms with Crippen LogP contribution in [-0.2, 0) is 0 Å². The van der Waals surface area contributed by atoms with Gasteiger partial charge in [0.1, 0.15) is 6.04 Å². The molecule has 0 saturated heterocycles. The van der Waals surface area contributed by atoms with Crippen LogP contribution < -0.4 is 0 Å². The Morgan fingerprint density at radius 2 is 2.25 bits per heavy atom. The Bertz CT molecular complexity index is 493. The van der Waals surface area contributed by atoms with Crippen LogP contribution >= 0.6 is 11.6 Å². The Morgan fingerprint density at radius 3 is 2.88 bits per heavy atom. The third-order valence-electron chi connectivity index (χ3n) is 2.41. The number of rotatable bonds is 3. The number of carbonyl (C=O) groups is 1. The van der Waals surface area contributed by atoms with E-state index < -0.39 is 0 Å². The Balaban J connectivity index is 2.26. The van der Waals surface area contributed by atoms with Crippen molar-refractivity contribution < 1.29 is 4.79 Å². The average molecular weight is 235 g/mol. The zero-order valence-electron chi connectivity index (χ0n) is 8.80. The third-order valence-corrected chi connectivity index (χ3v) is 2.65. The summed E-state index contributed by atoms with van der Waals surface area (Å²) in [6, 6.07) is 8.43. The van der Waals surface area contributed by atoms with E-state index in [0.29, 0.717) is 10.6 Å². The number of Topliss-reactive ketones (excluding diaryl/α,β-unsaturated/α-hetero) is 1. The highest BCUT2D eigenvalue weighted by molar-refractivity contribution is 6.31. The summed E-state index contributed by atoms with van der Waals surface area (Å²) in [7, 11) is 0. The van der Waals surface area contributed by atoms with Crippen LogP contribution in [0.25, 0.3) is 0 Å². The van der Waals surface area contributed by atoms with Crippen LogP contribution in [-0.4, -0.2) is 15.6 Å². The van der Waals surface area contributed by atoms with E-state index in [4.69, 9.17) is 11.6 Å². The first-order valence-electron chi connectivity index (χ1n) is 4.97. The first kappa shape index (κ1) is 10.9. The second kappa shape index (κ2) is 4.49. The van der Waals surface area contributed by atoms with Crippen LogP contribution in [0.1, 0.15) is 23.3 Å². The van der Waals surface area contributed by atoms with Gasteiger partial charge in [0.05, 0.1) is 0 Å². The van der Waals surface area contributed by atoms with E-state index in [1.165, 1.54) is 0 Å². The average Bonchev–Trinajstić information content (AvgIpc) is 2.80. The molecule has 0 bridgehead atoms. The second-order valence-electron chi connectivity index (χ2n) is 3.54. The summed E-state index contributed by atoms with van der Waals surface area (Å²) in [5, 5.41) is 4.62. The minimum absolute atomic E-state index is 0.00574. The number of halogens is 1. The summed E-state index contributed by atoms with van der Waals surface area (Å²) in [4.78, 5) is 12.1. The largest absolute Gasteiger partial charge is 0.292 e. The van der Waals surface area contributed by atoms with Crippen molar-refractivity contribution in [2.45, 2.75) is 13.0 Å². The Labute approximate surface area is 98.7 Å². The third kappa shape index (κ3) is 2.14. The molecule has 1 aromatic carbocycles. The standard InChI is InChI=1S/C12H11ClN2O/c1-9(15-7-3-6-14-15)12(16)10-4-2-5-11(13)8-10/h2-9H,1H3. The van der Waals surface area contributed by atoms with Crippen molar-refractivity contribution in [2.24, 2.45) is 0 Å². The lowest BCUT2D eigenvalue weighted by atomic mass is 10.1. The van der Waals surface area contributed by atoms with Gasteiger partial charge in [0.2, 0.25) is 0 Å². The molecule has 0 radical (unpaired) electrons. The molecule has 82 valence electrons. The van der Waals surface area contributed by atoms with Crippen LogP contribution in [0, 0.1) is 0 Å². The van der Waals surface area contributed by atoms with Crippen molar-refractivity contribution in [3.05, 3.63) is 53.3 Å². The molecule has 2 aromatic rings. The maximum Gasteiger partial charge on any atom is 0.187 e. The Kier molecular flexibility index (Phi) is 3.06. The van der Waals surface area contributed by atoms with E-state index in [1.54, 1.807) is 47.4 Å². The maximum atomic E-state index is 12.1. The van der Waals surface area contributed by atoms with Crippen LogP contribution in [0.2, 0.25) is 5.02 Å². The van der Waals surface area contributed by atoms with Crippen LogP contribution in [0.5, 0.6) is 0 Å². The summed E-state index contributed by atoms with van der Waals surface area (Å²) < 4.78 is 1.63. The van der Waals surface area contributed by atoms with E-state index in [2.05, 4.69) is 5.10 Å². The molecule has 16 heavy (non-hydrogen) atoms. The molecule has 0 saturated carbocycles. The zero-order chi connectivity index (χ0) is 11.5. The predicted octanol–water partition coefficient (Wildman–Crippen LogP) is 2.98. The predicted molar refractivity (Wildman–Crippen MR) is 62.7 cm³/mol. The van der Waals surface area contributed by atoms with E-state index in [-0.39, 0.29) is 11.8 Å². The van der Waals surface area contributed by atoms with E-state index in [9.17, 15) is 4.79 Å². The number of hydrogen-bond donors (Lipinski definition) is 0. The number of aromatic nitrogens is 2. The van der Waals surface area contributed by atoms with Gasteiger partial charge >= 0.3 is 0 Å². The Morgan fingerprint density at radius 1 is 1.44 bits per heavy atom. The maximum absolute atomic E-state index is 12.1. The van der Waals surface area contributed by atoms with Gasteiger partial charge in [-0.25, -0.2) is 0 Å². The molecule has 0 N–H and O–H groups in total. The molecular weight excluding hydrogens is 224 g/mol. The van der Waals surface area contributed by atoms with E-state index >= 15 is 0 Å². The highest BCUT2D eigenvalue weighted by atomic mass is 35.5. The van der Waals surface area contributed by atoms with Gasteiger partial charge in [-0.05, 0) is 25.1 Å². The normalized spacial score (nSPS) is 12.4. The zero-order valence-corrected chi connectivity index (χ0v) is 9.56. The number of benzene rings is 1. The fourth-order valence-corrected chi connectivity index (χ4v) is 1.70. The number of hydrogen-bond acceptors (Lipinski definition) is 2. The molecule has 0 aliphatic rings. The molecule has 2 rings (SSSR count). The topological polar surface area (TPSA) is 34.9 Å². The molecule has 3 nitrogen and oxygen atoms in total. The molecule has 1 aromatic heterocycles. The molecule has 0 aliphatic heterocycles. The van der Waals surface area contributed by atoms with Crippen molar-refractivity contribution in [3.63, 3.8) is 0 Å². The van der Waals surface area contributed by atoms with Gasteiger partial charge in [-0.15, -0.1) is 0 Å². The minimum atomic E-state index is -0.312. The summed E-state index contributed by atoms with van der Waals surface area (Å²) in [5.74, 6) is 0.00574. The van der Waals surface area contributed by atoms with Crippen LogP contribution in [0.3, 0.4) is 0 Å². The molecule has 0 spiro atoms. The number of carbonyl (C=O) groups excluding carboxylic acids is 1. The smallest absolute Gasteiger partial charge is 0.187 e. The lowest BCUT2D eigenvalue weighted by molar-refractivity contribution is 0.0928. The summed E-state index contributed by atoms with van der Waals surface area (Å²) in [6.45, 7) is 1.82. The molecule has 1 heterocycles. The summed E-state index contributed by atoms with van der Waals surface area (Å²) >= 11 is 5.84. The SMILES string of the molecule is CC(C(=O)c1cccc(Cl)c1)n1cccn1. The Hall–Kier alpha value is -1.61. The van der Waals surface area contributed by atoms with Crippen LogP contribution in [0.15, 0.2) is 42.7 Å². The van der Waals surface area contributed by atoms with E-state index in [0.717, 1.165) is 0 Å². The number of ketones is 1. The van der Waals surface area contributed by atoms with Gasteiger partial charge in [0.15, 0.2) is 5.78 Å². The second-order valence-corrected chi connectivity index (χ2v) is 3.97. The van der Waals surface area contributed by atoms with Crippen molar-refractivity contribution in [1.29, 1.82) is 0 Å². The van der Waals surface area contributed by atoms with E-state index in [1.807, 2.05) is 6.92 Å². The molecule has 0 fully saturated rings. The monoisotopic (exact) mass is 234 g/mol. The van der Waals surface area contributed by atoms with Crippen molar-refractivity contribution in [1.82, 2.24) is 9.78 Å². The molecular formula is C12H11ClN2O. The highest BCUT2D eigenvalue weighted by Crippen LogP contribution is 2.16. The van der Waals surface area contributed by atoms with Gasteiger partial charge in [0.25, 0.3) is 0 Å². The molecule has 1 atom stereocenters. The first-order chi connectivity index (χ1) is 7.68. The fraction of sp³-hybridized carbons (Fsp3) is 0.167.